The molecule has 3 aromatic rings. The van der Waals surface area contributed by atoms with E-state index in [9.17, 15) is 14.4 Å². The molecule has 0 bridgehead atoms. The van der Waals surface area contributed by atoms with E-state index < -0.39 is 6.09 Å². The lowest BCUT2D eigenvalue weighted by Gasteiger charge is -2.34. The summed E-state index contributed by atoms with van der Waals surface area (Å²) in [5, 5.41) is 4.28. The van der Waals surface area contributed by atoms with Gasteiger partial charge in [0.1, 0.15) is 12.4 Å². The molecule has 3 amide bonds. The van der Waals surface area contributed by atoms with Gasteiger partial charge in [-0.15, -0.1) is 0 Å². The predicted octanol–water partition coefficient (Wildman–Crippen LogP) is 1.72. The van der Waals surface area contributed by atoms with Crippen LogP contribution in [-0.4, -0.2) is 68.4 Å². The highest BCUT2D eigenvalue weighted by Gasteiger charge is 2.33. The molecule has 4 heterocycles. The zero-order chi connectivity index (χ0) is 25.4. The molecule has 0 radical (unpaired) electrons. The molecule has 11 nitrogen and oxygen atoms in total. The number of carbonyl (C=O) groups is 3. The number of amides is 3. The van der Waals surface area contributed by atoms with Crippen molar-refractivity contribution in [2.45, 2.75) is 51.7 Å². The van der Waals surface area contributed by atoms with E-state index in [1.165, 1.54) is 7.11 Å². The smallest absolute Gasteiger partial charge is 0.414 e. The third kappa shape index (κ3) is 4.29. The standard InChI is InChI=1S/C25H31N7O4/c1-16-4-5-18-19(32(16)25(35)36-2)6-7-20-23(18)28-21(9-13-30-11-3-10-27-30)31(20)15-22(33)29-12-8-17(14-29)24(26)34/h3,6-7,10-11,16-17H,4-5,8-9,12-15H2,1-2H3,(H2,26,34)/t16-,17-/m0/s1. The fourth-order valence-corrected chi connectivity index (χ4v) is 5.32. The maximum Gasteiger partial charge on any atom is 0.414 e. The lowest BCUT2D eigenvalue weighted by atomic mass is 9.96. The molecule has 2 atom stereocenters. The number of hydrogen-bond acceptors (Lipinski definition) is 6. The number of aryl methyl sites for hydroxylation is 3. The molecule has 2 aliphatic rings. The Morgan fingerprint density at radius 3 is 2.75 bits per heavy atom. The van der Waals surface area contributed by atoms with E-state index in [0.717, 1.165) is 41.0 Å². The summed E-state index contributed by atoms with van der Waals surface area (Å²) in [6.45, 7) is 3.61. The fraction of sp³-hybridized carbons (Fsp3) is 0.480. The van der Waals surface area contributed by atoms with Crippen LogP contribution < -0.4 is 10.6 Å². The number of primary amides is 1. The van der Waals surface area contributed by atoms with Gasteiger partial charge in [0.2, 0.25) is 11.8 Å². The van der Waals surface area contributed by atoms with Crippen LogP contribution in [0.4, 0.5) is 10.5 Å². The fourth-order valence-electron chi connectivity index (χ4n) is 5.32. The Morgan fingerprint density at radius 2 is 2.06 bits per heavy atom. The van der Waals surface area contributed by atoms with Crippen molar-refractivity contribution in [1.29, 1.82) is 0 Å². The second-order valence-corrected chi connectivity index (χ2v) is 9.52. The van der Waals surface area contributed by atoms with Gasteiger partial charge in [-0.1, -0.05) is 0 Å². The summed E-state index contributed by atoms with van der Waals surface area (Å²) in [6, 6.07) is 5.73. The molecule has 2 N–H and O–H groups in total. The average Bonchev–Trinajstić information content (AvgIpc) is 3.62. The number of carbonyl (C=O) groups excluding carboxylic acids is 3. The largest absolute Gasteiger partial charge is 0.452 e. The number of nitrogens with two attached hydrogens (primary N) is 1. The number of benzene rings is 1. The van der Waals surface area contributed by atoms with E-state index in [0.29, 0.717) is 32.5 Å². The van der Waals surface area contributed by atoms with Crippen LogP contribution in [-0.2, 0) is 40.3 Å². The van der Waals surface area contributed by atoms with Crippen LogP contribution in [0.1, 0.15) is 31.2 Å². The van der Waals surface area contributed by atoms with Gasteiger partial charge in [-0.3, -0.25) is 19.2 Å². The normalized spacial score (nSPS) is 19.5. The van der Waals surface area contributed by atoms with Crippen LogP contribution in [0.3, 0.4) is 0 Å². The SMILES string of the molecule is COC(=O)N1c2ccc3c(nc(CCn4cccn4)n3CC(=O)N3CC[C@H](C(N)=O)C3)c2CC[C@@H]1C. The molecule has 1 aromatic carbocycles. The maximum atomic E-state index is 13.3. The number of fused-ring (bicyclic) bond motifs is 3. The zero-order valence-electron chi connectivity index (χ0n) is 20.6. The first-order valence-corrected chi connectivity index (χ1v) is 12.3. The molecule has 0 saturated carbocycles. The summed E-state index contributed by atoms with van der Waals surface area (Å²) >= 11 is 0. The second-order valence-electron chi connectivity index (χ2n) is 9.52. The number of ether oxygens (including phenoxy) is 1. The molecule has 0 unspecified atom stereocenters. The number of anilines is 1. The number of nitrogens with zero attached hydrogens (tertiary/aromatic N) is 6. The summed E-state index contributed by atoms with van der Waals surface area (Å²) in [5.74, 6) is 0.0393. The number of rotatable bonds is 6. The van der Waals surface area contributed by atoms with Crippen LogP contribution in [0, 0.1) is 5.92 Å². The summed E-state index contributed by atoms with van der Waals surface area (Å²) in [6.07, 6.45) is 5.97. The number of aromatic nitrogens is 4. The molecular formula is C25H31N7O4. The molecule has 2 aliphatic heterocycles. The quantitative estimate of drug-likeness (QED) is 0.557. The van der Waals surface area contributed by atoms with Gasteiger partial charge in [-0.2, -0.15) is 5.10 Å². The van der Waals surface area contributed by atoms with Crippen LogP contribution >= 0.6 is 0 Å². The Bertz CT molecular complexity index is 1300. The van der Waals surface area contributed by atoms with Crippen molar-refractivity contribution in [3.63, 3.8) is 0 Å². The molecule has 190 valence electrons. The molecule has 1 saturated heterocycles. The Kier molecular flexibility index (Phi) is 6.38. The van der Waals surface area contributed by atoms with E-state index in [1.54, 1.807) is 16.0 Å². The van der Waals surface area contributed by atoms with Crippen molar-refractivity contribution in [2.75, 3.05) is 25.1 Å². The highest BCUT2D eigenvalue weighted by Crippen LogP contribution is 2.36. The van der Waals surface area contributed by atoms with E-state index in [1.807, 2.05) is 40.6 Å². The minimum Gasteiger partial charge on any atom is -0.452 e. The number of hydrogen-bond donors (Lipinski definition) is 1. The molecule has 36 heavy (non-hydrogen) atoms. The molecule has 0 spiro atoms. The van der Waals surface area contributed by atoms with Crippen LogP contribution in [0.15, 0.2) is 30.6 Å². The van der Waals surface area contributed by atoms with Crippen molar-refractivity contribution in [3.8, 4) is 0 Å². The van der Waals surface area contributed by atoms with Gasteiger partial charge < -0.3 is 19.9 Å². The topological polar surface area (TPSA) is 129 Å². The van der Waals surface area contributed by atoms with Crippen LogP contribution in [0.25, 0.3) is 11.0 Å². The third-order valence-corrected chi connectivity index (χ3v) is 7.32. The Morgan fingerprint density at radius 1 is 1.22 bits per heavy atom. The molecule has 1 fully saturated rings. The van der Waals surface area contributed by atoms with Gasteiger partial charge in [0.05, 0.1) is 29.7 Å². The minimum absolute atomic E-state index is 0.0127. The highest BCUT2D eigenvalue weighted by molar-refractivity contribution is 5.95. The second kappa shape index (κ2) is 9.63. The average molecular weight is 494 g/mol. The van der Waals surface area contributed by atoms with Gasteiger partial charge in [0.25, 0.3) is 0 Å². The molecule has 2 aromatic heterocycles. The number of methoxy groups -OCH3 is 1. The molecule has 5 rings (SSSR count). The highest BCUT2D eigenvalue weighted by atomic mass is 16.5. The Balaban J connectivity index is 1.51. The van der Waals surface area contributed by atoms with E-state index in [4.69, 9.17) is 15.5 Å². The van der Waals surface area contributed by atoms with Gasteiger partial charge in [-0.05, 0) is 44.4 Å². The summed E-state index contributed by atoms with van der Waals surface area (Å²) < 4.78 is 8.83. The lowest BCUT2D eigenvalue weighted by Crippen LogP contribution is -2.42. The monoisotopic (exact) mass is 493 g/mol. The summed E-state index contributed by atoms with van der Waals surface area (Å²) in [4.78, 5) is 45.8. The molecule has 11 heteroatoms. The van der Waals surface area contributed by atoms with Gasteiger partial charge in [0, 0.05) is 50.1 Å². The van der Waals surface area contributed by atoms with Crippen molar-refractivity contribution in [2.24, 2.45) is 11.7 Å². The maximum absolute atomic E-state index is 13.3. The number of likely N-dealkylation sites (tertiary alicyclic amines) is 1. The van der Waals surface area contributed by atoms with Gasteiger partial charge >= 0.3 is 6.09 Å². The predicted molar refractivity (Wildman–Crippen MR) is 132 cm³/mol. The summed E-state index contributed by atoms with van der Waals surface area (Å²) in [7, 11) is 1.39. The number of imidazole rings is 1. The van der Waals surface area contributed by atoms with E-state index in [2.05, 4.69) is 5.10 Å². The zero-order valence-corrected chi connectivity index (χ0v) is 20.6. The third-order valence-electron chi connectivity index (χ3n) is 7.32. The molecular weight excluding hydrogens is 462 g/mol. The first-order valence-electron chi connectivity index (χ1n) is 12.3. The van der Waals surface area contributed by atoms with Crippen LogP contribution in [0.2, 0.25) is 0 Å². The summed E-state index contributed by atoms with van der Waals surface area (Å²) in [5.41, 5.74) is 8.89. The van der Waals surface area contributed by atoms with Crippen molar-refractivity contribution in [3.05, 3.63) is 42.0 Å². The first kappa shape index (κ1) is 23.8. The van der Waals surface area contributed by atoms with E-state index in [-0.39, 0.29) is 30.3 Å². The molecule has 0 aliphatic carbocycles. The van der Waals surface area contributed by atoms with Crippen molar-refractivity contribution >= 4 is 34.6 Å². The van der Waals surface area contributed by atoms with Crippen molar-refractivity contribution in [1.82, 2.24) is 24.2 Å². The minimum atomic E-state index is -0.394. The van der Waals surface area contributed by atoms with Gasteiger partial charge in [-0.25, -0.2) is 9.78 Å². The lowest BCUT2D eigenvalue weighted by molar-refractivity contribution is -0.131. The van der Waals surface area contributed by atoms with E-state index >= 15 is 0 Å². The van der Waals surface area contributed by atoms with Crippen LogP contribution in [0.5, 0.6) is 0 Å². The van der Waals surface area contributed by atoms with Crippen molar-refractivity contribution < 1.29 is 19.1 Å². The Labute approximate surface area is 208 Å². The first-order chi connectivity index (χ1) is 17.4. The van der Waals surface area contributed by atoms with Gasteiger partial charge in [0.15, 0.2) is 0 Å². The Hall–Kier alpha value is -3.89.